The minimum atomic E-state index is -4.45. The largest absolute Gasteiger partial charge is 0.401 e. The van der Waals surface area contributed by atoms with Gasteiger partial charge in [-0.25, -0.2) is 0 Å². The second-order valence-electron chi connectivity index (χ2n) is 4.09. The van der Waals surface area contributed by atoms with E-state index in [0.29, 0.717) is 0 Å². The number of nitrogens with zero attached hydrogens (tertiary/aromatic N) is 2. The first-order valence-corrected chi connectivity index (χ1v) is 5.55. The van der Waals surface area contributed by atoms with Gasteiger partial charge in [-0.05, 0) is 11.6 Å². The lowest BCUT2D eigenvalue weighted by Crippen LogP contribution is -2.35. The van der Waals surface area contributed by atoms with Gasteiger partial charge < -0.3 is 5.11 Å². The molecule has 0 aromatic heterocycles. The van der Waals surface area contributed by atoms with Crippen LogP contribution >= 0.6 is 0 Å². The quantitative estimate of drug-likeness (QED) is 0.496. The summed E-state index contributed by atoms with van der Waals surface area (Å²) >= 11 is 0. The number of rotatable bonds is 6. The Morgan fingerprint density at radius 2 is 2.00 bits per heavy atom. The predicted molar refractivity (Wildman–Crippen MR) is 61.5 cm³/mol. The fourth-order valence-corrected chi connectivity index (χ4v) is 1.66. The van der Waals surface area contributed by atoms with Crippen LogP contribution in [-0.4, -0.2) is 40.8 Å². The van der Waals surface area contributed by atoms with Crippen LogP contribution in [0.2, 0.25) is 0 Å². The van der Waals surface area contributed by atoms with E-state index < -0.39 is 35.8 Å². The minimum Gasteiger partial charge on any atom is -0.395 e. The maximum atomic E-state index is 13.3. The fraction of sp³-hybridized carbons (Fsp3) is 0.455. The van der Waals surface area contributed by atoms with Crippen molar-refractivity contribution in [1.82, 2.24) is 4.90 Å². The molecule has 0 saturated carbocycles. The van der Waals surface area contributed by atoms with E-state index in [-0.39, 0.29) is 18.7 Å². The van der Waals surface area contributed by atoms with Gasteiger partial charge in [0.15, 0.2) is 0 Å². The summed E-state index contributed by atoms with van der Waals surface area (Å²) in [5, 5.41) is 19.1. The van der Waals surface area contributed by atoms with Crippen molar-refractivity contribution in [2.45, 2.75) is 12.7 Å². The van der Waals surface area contributed by atoms with Gasteiger partial charge in [0.05, 0.1) is 18.1 Å². The number of hydrogen-bond donors (Lipinski definition) is 1. The van der Waals surface area contributed by atoms with Gasteiger partial charge in [0.1, 0.15) is 0 Å². The fourth-order valence-electron chi connectivity index (χ4n) is 1.66. The molecule has 1 rings (SSSR count). The van der Waals surface area contributed by atoms with Crippen LogP contribution in [0.15, 0.2) is 18.2 Å². The maximum absolute atomic E-state index is 13.3. The Morgan fingerprint density at radius 1 is 1.35 bits per heavy atom. The van der Waals surface area contributed by atoms with Crippen LogP contribution in [-0.2, 0) is 6.54 Å². The van der Waals surface area contributed by atoms with Gasteiger partial charge in [0.2, 0.25) is 5.82 Å². The van der Waals surface area contributed by atoms with E-state index in [2.05, 4.69) is 0 Å². The van der Waals surface area contributed by atoms with Gasteiger partial charge in [0.25, 0.3) is 0 Å². The molecular weight excluding hydrogens is 284 g/mol. The monoisotopic (exact) mass is 296 g/mol. The van der Waals surface area contributed by atoms with Crippen LogP contribution in [0.5, 0.6) is 0 Å². The van der Waals surface area contributed by atoms with Gasteiger partial charge in [0, 0.05) is 19.2 Å². The summed E-state index contributed by atoms with van der Waals surface area (Å²) in [6, 6.07) is 2.90. The van der Waals surface area contributed by atoms with Crippen LogP contribution in [0.1, 0.15) is 5.56 Å². The summed E-state index contributed by atoms with van der Waals surface area (Å²) in [5.41, 5.74) is -0.580. The number of benzene rings is 1. The zero-order valence-corrected chi connectivity index (χ0v) is 10.2. The zero-order valence-electron chi connectivity index (χ0n) is 10.2. The molecule has 0 amide bonds. The lowest BCUT2D eigenvalue weighted by Gasteiger charge is -2.22. The molecule has 0 bridgehead atoms. The summed E-state index contributed by atoms with van der Waals surface area (Å²) in [7, 11) is 0. The van der Waals surface area contributed by atoms with Crippen molar-refractivity contribution in [2.24, 2.45) is 0 Å². The van der Waals surface area contributed by atoms with Crippen molar-refractivity contribution >= 4 is 5.69 Å². The lowest BCUT2D eigenvalue weighted by molar-refractivity contribution is -0.387. The van der Waals surface area contributed by atoms with E-state index in [9.17, 15) is 27.7 Å². The van der Waals surface area contributed by atoms with Gasteiger partial charge in [-0.3, -0.25) is 15.0 Å². The Bertz CT molecular complexity index is 479. The van der Waals surface area contributed by atoms with Gasteiger partial charge in [-0.2, -0.15) is 17.6 Å². The molecule has 0 heterocycles. The molecule has 0 aliphatic rings. The molecule has 0 aliphatic carbocycles. The minimum absolute atomic E-state index is 0.158. The van der Waals surface area contributed by atoms with E-state index in [1.54, 1.807) is 0 Å². The highest BCUT2D eigenvalue weighted by atomic mass is 19.4. The third kappa shape index (κ3) is 5.10. The summed E-state index contributed by atoms with van der Waals surface area (Å²) in [6.07, 6.45) is -4.45. The number of hydrogen-bond acceptors (Lipinski definition) is 4. The van der Waals surface area contributed by atoms with Crippen molar-refractivity contribution in [3.05, 3.63) is 39.7 Å². The van der Waals surface area contributed by atoms with Crippen LogP contribution in [0.3, 0.4) is 0 Å². The third-order valence-electron chi connectivity index (χ3n) is 2.43. The SMILES string of the molecule is O=[N+]([O-])c1ccc(CN(CCO)CC(F)(F)F)cc1F. The van der Waals surface area contributed by atoms with Crippen molar-refractivity contribution in [2.75, 3.05) is 19.7 Å². The Kier molecular flexibility index (Phi) is 5.40. The predicted octanol–water partition coefficient (Wildman–Crippen LogP) is 2.09. The lowest BCUT2D eigenvalue weighted by atomic mass is 10.2. The number of nitro benzene ring substituents is 1. The van der Waals surface area contributed by atoms with Crippen LogP contribution in [0, 0.1) is 15.9 Å². The van der Waals surface area contributed by atoms with E-state index in [0.717, 1.165) is 17.0 Å². The van der Waals surface area contributed by atoms with Crippen molar-refractivity contribution in [3.63, 3.8) is 0 Å². The average molecular weight is 296 g/mol. The third-order valence-corrected chi connectivity index (χ3v) is 2.43. The molecular formula is C11H12F4N2O3. The van der Waals surface area contributed by atoms with E-state index in [1.807, 2.05) is 0 Å². The van der Waals surface area contributed by atoms with Crippen molar-refractivity contribution in [1.29, 1.82) is 0 Å². The topological polar surface area (TPSA) is 66.6 Å². The average Bonchev–Trinajstić information content (AvgIpc) is 2.26. The van der Waals surface area contributed by atoms with E-state index in [4.69, 9.17) is 5.11 Å². The molecule has 5 nitrogen and oxygen atoms in total. The Hall–Kier alpha value is -1.74. The first-order valence-electron chi connectivity index (χ1n) is 5.55. The van der Waals surface area contributed by atoms with Crippen LogP contribution in [0.25, 0.3) is 0 Å². The number of alkyl halides is 3. The number of aliphatic hydroxyl groups is 1. The van der Waals surface area contributed by atoms with E-state index >= 15 is 0 Å². The standard InChI is InChI=1S/C11H12F4N2O3/c12-9-5-8(1-2-10(9)17(19)20)6-16(3-4-18)7-11(13,14)15/h1-2,5,18H,3-4,6-7H2. The molecule has 1 aromatic carbocycles. The van der Waals surface area contributed by atoms with Crippen molar-refractivity contribution < 1.29 is 27.6 Å². The van der Waals surface area contributed by atoms with Crippen LogP contribution in [0.4, 0.5) is 23.2 Å². The molecule has 9 heteroatoms. The van der Waals surface area contributed by atoms with Crippen molar-refractivity contribution in [3.8, 4) is 0 Å². The highest BCUT2D eigenvalue weighted by Crippen LogP contribution is 2.21. The second-order valence-corrected chi connectivity index (χ2v) is 4.09. The molecule has 0 fully saturated rings. The highest BCUT2D eigenvalue weighted by molar-refractivity contribution is 5.34. The van der Waals surface area contributed by atoms with Gasteiger partial charge in [-0.15, -0.1) is 0 Å². The molecule has 0 aliphatic heterocycles. The van der Waals surface area contributed by atoms with Gasteiger partial charge in [-0.1, -0.05) is 6.07 Å². The van der Waals surface area contributed by atoms with Crippen LogP contribution < -0.4 is 0 Å². The molecule has 20 heavy (non-hydrogen) atoms. The molecule has 112 valence electrons. The molecule has 0 unspecified atom stereocenters. The molecule has 1 N–H and O–H groups in total. The Morgan fingerprint density at radius 3 is 2.45 bits per heavy atom. The normalized spacial score (nSPS) is 11.9. The Labute approximate surface area is 111 Å². The number of nitro groups is 1. The summed E-state index contributed by atoms with van der Waals surface area (Å²) in [4.78, 5) is 10.4. The van der Waals surface area contributed by atoms with Gasteiger partial charge >= 0.3 is 11.9 Å². The second kappa shape index (κ2) is 6.62. The highest BCUT2D eigenvalue weighted by Gasteiger charge is 2.30. The summed E-state index contributed by atoms with van der Waals surface area (Å²) < 4.78 is 50.2. The molecule has 0 saturated heterocycles. The van der Waals surface area contributed by atoms with E-state index in [1.165, 1.54) is 6.07 Å². The summed E-state index contributed by atoms with van der Waals surface area (Å²) in [5.74, 6) is -1.11. The summed E-state index contributed by atoms with van der Waals surface area (Å²) in [6.45, 7) is -2.25. The smallest absolute Gasteiger partial charge is 0.395 e. The molecule has 1 aromatic rings. The first-order chi connectivity index (χ1) is 9.23. The molecule has 0 spiro atoms. The number of aliphatic hydroxyl groups excluding tert-OH is 1. The number of halogens is 4. The zero-order chi connectivity index (χ0) is 15.3. The molecule has 0 radical (unpaired) electrons. The maximum Gasteiger partial charge on any atom is 0.401 e. The first kappa shape index (κ1) is 16.3. The Balaban J connectivity index is 2.83. The molecule has 0 atom stereocenters.